The number of rotatable bonds is 3. The minimum absolute atomic E-state index is 0.0233. The number of anilines is 2. The van der Waals surface area contributed by atoms with Gasteiger partial charge in [-0.05, 0) is 6.42 Å². The van der Waals surface area contributed by atoms with E-state index in [2.05, 4.69) is 10.3 Å². The van der Waals surface area contributed by atoms with Gasteiger partial charge in [0.05, 0.1) is 11.4 Å². The Morgan fingerprint density at radius 3 is 2.88 bits per heavy atom. The number of likely N-dealkylation sites (N-methyl/N-ethyl adjacent to an activating group) is 1. The Morgan fingerprint density at radius 1 is 1.59 bits per heavy atom. The second-order valence-corrected chi connectivity index (χ2v) is 4.13. The third kappa shape index (κ3) is 1.75. The predicted molar refractivity (Wildman–Crippen MR) is 63.5 cm³/mol. The lowest BCUT2D eigenvalue weighted by atomic mass is 10.1. The molecule has 3 N–H and O–H groups in total. The molecule has 1 atom stereocenters. The summed E-state index contributed by atoms with van der Waals surface area (Å²) in [6, 6.07) is -0.232. The first-order valence-corrected chi connectivity index (χ1v) is 5.54. The van der Waals surface area contributed by atoms with Crippen molar-refractivity contribution in [3.8, 4) is 0 Å². The number of nitrogens with zero attached hydrogens (tertiary/aromatic N) is 1. The van der Waals surface area contributed by atoms with Gasteiger partial charge in [-0.2, -0.15) is 0 Å². The average molecular weight is 237 g/mol. The van der Waals surface area contributed by atoms with Gasteiger partial charge < -0.3 is 20.3 Å². The standard InChI is InChI=1S/C11H15N3O3/c1-3-4-6-10(15)13-8-7(14(6)2)5-12-9(8)11(16)17/h5-6,12H,3-4H2,1-2H3,(H,13,15)(H,16,17). The molecule has 6 nitrogen and oxygen atoms in total. The van der Waals surface area contributed by atoms with Crippen molar-refractivity contribution in [2.24, 2.45) is 0 Å². The number of hydrogen-bond donors (Lipinski definition) is 3. The highest BCUT2D eigenvalue weighted by atomic mass is 16.4. The summed E-state index contributed by atoms with van der Waals surface area (Å²) in [6.45, 7) is 2.01. The molecule has 1 aromatic rings. The van der Waals surface area contributed by atoms with Crippen LogP contribution in [0, 0.1) is 0 Å². The number of hydrogen-bond acceptors (Lipinski definition) is 3. The van der Waals surface area contributed by atoms with Crippen molar-refractivity contribution >= 4 is 23.3 Å². The van der Waals surface area contributed by atoms with E-state index >= 15 is 0 Å². The summed E-state index contributed by atoms with van der Waals surface area (Å²) < 4.78 is 0. The molecule has 17 heavy (non-hydrogen) atoms. The van der Waals surface area contributed by atoms with E-state index < -0.39 is 5.97 Å². The second-order valence-electron chi connectivity index (χ2n) is 4.13. The first-order chi connectivity index (χ1) is 8.06. The number of fused-ring (bicyclic) bond motifs is 1. The van der Waals surface area contributed by atoms with E-state index in [4.69, 9.17) is 5.11 Å². The van der Waals surface area contributed by atoms with E-state index in [1.165, 1.54) is 0 Å². The fourth-order valence-corrected chi connectivity index (χ4v) is 2.13. The number of aromatic carboxylic acids is 1. The highest BCUT2D eigenvalue weighted by molar-refractivity contribution is 6.09. The Balaban J connectivity index is 2.40. The molecule has 0 aromatic carbocycles. The third-order valence-electron chi connectivity index (χ3n) is 3.03. The lowest BCUT2D eigenvalue weighted by Gasteiger charge is -2.33. The van der Waals surface area contributed by atoms with Crippen LogP contribution in [0.3, 0.4) is 0 Å². The minimum Gasteiger partial charge on any atom is -0.477 e. The molecule has 2 rings (SSSR count). The Labute approximate surface area is 98.6 Å². The summed E-state index contributed by atoms with van der Waals surface area (Å²) >= 11 is 0. The normalized spacial score (nSPS) is 18.8. The van der Waals surface area contributed by atoms with Gasteiger partial charge in [0.25, 0.3) is 0 Å². The fourth-order valence-electron chi connectivity index (χ4n) is 2.13. The van der Waals surface area contributed by atoms with Crippen molar-refractivity contribution in [1.29, 1.82) is 0 Å². The smallest absolute Gasteiger partial charge is 0.354 e. The molecule has 1 amide bonds. The molecule has 1 unspecified atom stereocenters. The van der Waals surface area contributed by atoms with E-state index in [1.807, 2.05) is 11.8 Å². The van der Waals surface area contributed by atoms with Crippen LogP contribution < -0.4 is 10.2 Å². The molecular weight excluding hydrogens is 222 g/mol. The van der Waals surface area contributed by atoms with Crippen molar-refractivity contribution in [2.75, 3.05) is 17.3 Å². The molecule has 0 fully saturated rings. The zero-order chi connectivity index (χ0) is 12.6. The number of carboxylic acid groups (broad SMARTS) is 1. The van der Waals surface area contributed by atoms with Crippen molar-refractivity contribution < 1.29 is 14.7 Å². The largest absolute Gasteiger partial charge is 0.477 e. The Hall–Kier alpha value is -1.98. The van der Waals surface area contributed by atoms with Gasteiger partial charge in [0.15, 0.2) is 5.69 Å². The van der Waals surface area contributed by atoms with Crippen molar-refractivity contribution in [3.63, 3.8) is 0 Å². The first kappa shape index (κ1) is 11.5. The number of carbonyl (C=O) groups excluding carboxylic acids is 1. The van der Waals surface area contributed by atoms with E-state index in [0.29, 0.717) is 5.69 Å². The van der Waals surface area contributed by atoms with Gasteiger partial charge in [0.1, 0.15) is 6.04 Å². The lowest BCUT2D eigenvalue weighted by molar-refractivity contribution is -0.117. The van der Waals surface area contributed by atoms with Gasteiger partial charge in [-0.1, -0.05) is 13.3 Å². The molecule has 92 valence electrons. The maximum Gasteiger partial charge on any atom is 0.354 e. The highest BCUT2D eigenvalue weighted by Gasteiger charge is 2.33. The van der Waals surface area contributed by atoms with Crippen LogP contribution in [0.2, 0.25) is 0 Å². The average Bonchev–Trinajstić information content (AvgIpc) is 2.68. The Bertz CT molecular complexity index is 467. The number of carbonyl (C=O) groups is 2. The van der Waals surface area contributed by atoms with Gasteiger partial charge in [-0.15, -0.1) is 0 Å². The highest BCUT2D eigenvalue weighted by Crippen LogP contribution is 2.34. The molecule has 1 aromatic heterocycles. The molecular formula is C11H15N3O3. The zero-order valence-corrected chi connectivity index (χ0v) is 9.78. The molecule has 0 saturated heterocycles. The van der Waals surface area contributed by atoms with Crippen LogP contribution in [0.25, 0.3) is 0 Å². The lowest BCUT2D eigenvalue weighted by Crippen LogP contribution is -2.45. The molecule has 0 spiro atoms. The summed E-state index contributed by atoms with van der Waals surface area (Å²) in [6.07, 6.45) is 3.25. The maximum absolute atomic E-state index is 11.9. The van der Waals surface area contributed by atoms with E-state index in [0.717, 1.165) is 18.5 Å². The Morgan fingerprint density at radius 2 is 2.29 bits per heavy atom. The van der Waals surface area contributed by atoms with Crippen LogP contribution in [0.1, 0.15) is 30.3 Å². The number of nitrogens with one attached hydrogen (secondary N) is 2. The SMILES string of the molecule is CCCC1C(=O)Nc2c(c[nH]c2C(=O)O)N1C. The number of aromatic nitrogens is 1. The number of amides is 1. The van der Waals surface area contributed by atoms with E-state index in [1.54, 1.807) is 13.2 Å². The molecule has 6 heteroatoms. The fraction of sp³-hybridized carbons (Fsp3) is 0.455. The zero-order valence-electron chi connectivity index (χ0n) is 9.78. The molecule has 1 aliphatic heterocycles. The minimum atomic E-state index is -1.08. The molecule has 0 radical (unpaired) electrons. The van der Waals surface area contributed by atoms with Crippen molar-refractivity contribution in [2.45, 2.75) is 25.8 Å². The second kappa shape index (κ2) is 4.12. The summed E-state index contributed by atoms with van der Waals surface area (Å²) in [7, 11) is 1.80. The van der Waals surface area contributed by atoms with Crippen LogP contribution >= 0.6 is 0 Å². The molecule has 0 aliphatic carbocycles. The van der Waals surface area contributed by atoms with Gasteiger partial charge >= 0.3 is 5.97 Å². The quantitative estimate of drug-likeness (QED) is 0.739. The molecule has 0 saturated carbocycles. The van der Waals surface area contributed by atoms with Crippen LogP contribution in [0.5, 0.6) is 0 Å². The number of H-pyrrole nitrogens is 1. The van der Waals surface area contributed by atoms with Crippen LogP contribution in [0.15, 0.2) is 6.20 Å². The molecule has 2 heterocycles. The predicted octanol–water partition coefficient (Wildman–Crippen LogP) is 1.27. The summed E-state index contributed by atoms with van der Waals surface area (Å²) in [5.74, 6) is -1.22. The van der Waals surface area contributed by atoms with Crippen molar-refractivity contribution in [3.05, 3.63) is 11.9 Å². The molecule has 0 bridgehead atoms. The van der Waals surface area contributed by atoms with Gasteiger partial charge in [0.2, 0.25) is 5.91 Å². The summed E-state index contributed by atoms with van der Waals surface area (Å²) in [5, 5.41) is 11.6. The Kier molecular flexibility index (Phi) is 2.79. The van der Waals surface area contributed by atoms with Crippen molar-refractivity contribution in [1.82, 2.24) is 4.98 Å². The number of carboxylic acids is 1. The topological polar surface area (TPSA) is 85.4 Å². The third-order valence-corrected chi connectivity index (χ3v) is 3.03. The summed E-state index contributed by atoms with van der Waals surface area (Å²) in [5.41, 5.74) is 1.10. The number of aromatic amines is 1. The van der Waals surface area contributed by atoms with Gasteiger partial charge in [0, 0.05) is 13.2 Å². The van der Waals surface area contributed by atoms with E-state index in [9.17, 15) is 9.59 Å². The van der Waals surface area contributed by atoms with Crippen LogP contribution in [-0.2, 0) is 4.79 Å². The van der Waals surface area contributed by atoms with Gasteiger partial charge in [-0.3, -0.25) is 4.79 Å². The van der Waals surface area contributed by atoms with Crippen LogP contribution in [0.4, 0.5) is 11.4 Å². The summed E-state index contributed by atoms with van der Waals surface area (Å²) in [4.78, 5) is 27.3. The van der Waals surface area contributed by atoms with Crippen LogP contribution in [-0.4, -0.2) is 35.1 Å². The monoisotopic (exact) mass is 237 g/mol. The maximum atomic E-state index is 11.9. The van der Waals surface area contributed by atoms with E-state index in [-0.39, 0.29) is 17.6 Å². The van der Waals surface area contributed by atoms with Gasteiger partial charge in [-0.25, -0.2) is 4.79 Å². The first-order valence-electron chi connectivity index (χ1n) is 5.54. The molecule has 1 aliphatic rings.